The summed E-state index contributed by atoms with van der Waals surface area (Å²) in [5.41, 5.74) is 1.82. The van der Waals surface area contributed by atoms with Crippen molar-refractivity contribution in [2.45, 2.75) is 6.18 Å². The molecule has 1 aliphatic rings. The molecule has 2 amide bonds. The molecule has 0 radical (unpaired) electrons. The zero-order valence-electron chi connectivity index (χ0n) is 11.5. The van der Waals surface area contributed by atoms with E-state index >= 15 is 0 Å². The van der Waals surface area contributed by atoms with Gasteiger partial charge in [-0.2, -0.15) is 13.2 Å². The van der Waals surface area contributed by atoms with E-state index in [2.05, 4.69) is 10.3 Å². The lowest BCUT2D eigenvalue weighted by Crippen LogP contribution is -2.29. The molecule has 8 heteroatoms. The predicted molar refractivity (Wildman–Crippen MR) is 78.4 cm³/mol. The number of hydrogen-bond donors (Lipinski definition) is 3. The maximum Gasteiger partial charge on any atom is 0.471 e. The normalized spacial score (nSPS) is 15.4. The number of aromatic amines is 1. The molecule has 0 spiro atoms. The zero-order valence-corrected chi connectivity index (χ0v) is 11.5. The molecule has 1 aromatic carbocycles. The fourth-order valence-electron chi connectivity index (χ4n) is 2.20. The first-order valence-electron chi connectivity index (χ1n) is 6.53. The van der Waals surface area contributed by atoms with Gasteiger partial charge in [-0.25, -0.2) is 0 Å². The Hall–Kier alpha value is -3.03. The third kappa shape index (κ3) is 2.96. The van der Waals surface area contributed by atoms with E-state index in [0.29, 0.717) is 22.5 Å². The van der Waals surface area contributed by atoms with Gasteiger partial charge in [-0.05, 0) is 36.4 Å². The summed E-state index contributed by atoms with van der Waals surface area (Å²) in [6, 6.07) is 7.55. The number of nitrogens with one attached hydrogen (secondary N) is 3. The van der Waals surface area contributed by atoms with Crippen LogP contribution in [0.4, 0.5) is 24.5 Å². The lowest BCUT2D eigenvalue weighted by molar-refractivity contribution is -0.167. The number of hydrogen-bond acceptors (Lipinski definition) is 2. The first-order chi connectivity index (χ1) is 10.8. The Labute approximate surface area is 128 Å². The van der Waals surface area contributed by atoms with Gasteiger partial charge in [0.15, 0.2) is 0 Å². The minimum atomic E-state index is -4.98. The first-order valence-corrected chi connectivity index (χ1v) is 6.53. The van der Waals surface area contributed by atoms with Crippen LogP contribution in [-0.2, 0) is 9.59 Å². The second kappa shape index (κ2) is 5.31. The number of halogens is 3. The monoisotopic (exact) mass is 321 g/mol. The van der Waals surface area contributed by atoms with Gasteiger partial charge in [0.25, 0.3) is 5.91 Å². The van der Waals surface area contributed by atoms with E-state index < -0.39 is 12.1 Å². The Morgan fingerprint density at radius 2 is 2.00 bits per heavy atom. The van der Waals surface area contributed by atoms with Crippen molar-refractivity contribution in [1.82, 2.24) is 4.98 Å². The molecule has 0 bridgehead atoms. The smallest absolute Gasteiger partial charge is 0.362 e. The highest BCUT2D eigenvalue weighted by atomic mass is 19.4. The molecule has 0 saturated heterocycles. The van der Waals surface area contributed by atoms with E-state index in [-0.39, 0.29) is 11.6 Å². The number of H-pyrrole nitrogens is 1. The molecule has 2 aromatic rings. The quantitative estimate of drug-likeness (QED) is 0.744. The Kier molecular flexibility index (Phi) is 3.44. The molecule has 1 aromatic heterocycles. The molecule has 3 N–H and O–H groups in total. The Balaban J connectivity index is 1.95. The highest BCUT2D eigenvalue weighted by molar-refractivity contribution is 6.35. The van der Waals surface area contributed by atoms with Crippen LogP contribution >= 0.6 is 0 Å². The highest BCUT2D eigenvalue weighted by Crippen LogP contribution is 2.35. The van der Waals surface area contributed by atoms with Crippen molar-refractivity contribution in [2.75, 3.05) is 10.6 Å². The minimum Gasteiger partial charge on any atom is -0.362 e. The summed E-state index contributed by atoms with van der Waals surface area (Å²) in [6.45, 7) is 0. The number of carbonyl (C=O) groups is 2. The van der Waals surface area contributed by atoms with E-state index in [0.717, 1.165) is 0 Å². The van der Waals surface area contributed by atoms with Crippen LogP contribution in [0.5, 0.6) is 0 Å². The summed E-state index contributed by atoms with van der Waals surface area (Å²) in [5.74, 6) is -2.43. The zero-order chi connectivity index (χ0) is 16.6. The molecule has 23 heavy (non-hydrogen) atoms. The van der Waals surface area contributed by atoms with Crippen LogP contribution in [0.2, 0.25) is 0 Å². The minimum absolute atomic E-state index is 0.0417. The number of anilines is 2. The van der Waals surface area contributed by atoms with Crippen molar-refractivity contribution in [3.8, 4) is 0 Å². The first kappa shape index (κ1) is 14.9. The Morgan fingerprint density at radius 3 is 2.65 bits per heavy atom. The fraction of sp³-hybridized carbons (Fsp3) is 0.0667. The number of alkyl halides is 3. The summed E-state index contributed by atoms with van der Waals surface area (Å²) < 4.78 is 36.9. The van der Waals surface area contributed by atoms with Crippen molar-refractivity contribution in [2.24, 2.45) is 0 Å². The third-order valence-corrected chi connectivity index (χ3v) is 3.24. The van der Waals surface area contributed by atoms with Gasteiger partial charge in [0.05, 0.1) is 5.57 Å². The van der Waals surface area contributed by atoms with Crippen molar-refractivity contribution in [3.05, 3.63) is 47.8 Å². The van der Waals surface area contributed by atoms with Crippen LogP contribution in [0.1, 0.15) is 11.3 Å². The third-order valence-electron chi connectivity index (χ3n) is 3.24. The number of aromatic nitrogens is 1. The van der Waals surface area contributed by atoms with Crippen LogP contribution in [-0.4, -0.2) is 23.0 Å². The van der Waals surface area contributed by atoms with Crippen LogP contribution in [0.3, 0.4) is 0 Å². The molecule has 1 aliphatic heterocycles. The topological polar surface area (TPSA) is 74.0 Å². The number of fused-ring (bicyclic) bond motifs is 1. The molecule has 0 saturated carbocycles. The Bertz CT molecular complexity index is 808. The van der Waals surface area contributed by atoms with Crippen molar-refractivity contribution >= 4 is 34.8 Å². The lowest BCUT2D eigenvalue weighted by atomic mass is 10.1. The molecule has 0 unspecified atom stereocenters. The van der Waals surface area contributed by atoms with Crippen LogP contribution in [0.15, 0.2) is 36.5 Å². The lowest BCUT2D eigenvalue weighted by Gasteiger charge is -2.09. The highest BCUT2D eigenvalue weighted by Gasteiger charge is 2.38. The average molecular weight is 321 g/mol. The van der Waals surface area contributed by atoms with Gasteiger partial charge in [-0.1, -0.05) is 0 Å². The van der Waals surface area contributed by atoms with Crippen molar-refractivity contribution in [1.29, 1.82) is 0 Å². The maximum atomic E-state index is 12.3. The van der Waals surface area contributed by atoms with E-state index in [1.54, 1.807) is 29.7 Å². The number of carbonyl (C=O) groups excluding carboxylic acids is 2. The van der Waals surface area contributed by atoms with Gasteiger partial charge in [0.1, 0.15) is 0 Å². The van der Waals surface area contributed by atoms with Gasteiger partial charge < -0.3 is 15.6 Å². The molecule has 2 heterocycles. The molecule has 5 nitrogen and oxygen atoms in total. The summed E-state index contributed by atoms with van der Waals surface area (Å²) >= 11 is 0. The predicted octanol–water partition coefficient (Wildman–Crippen LogP) is 3.01. The number of rotatable bonds is 2. The molecule has 118 valence electrons. The van der Waals surface area contributed by atoms with Crippen LogP contribution in [0.25, 0.3) is 11.6 Å². The maximum absolute atomic E-state index is 12.3. The van der Waals surface area contributed by atoms with Gasteiger partial charge in [-0.3, -0.25) is 9.59 Å². The van der Waals surface area contributed by atoms with Gasteiger partial charge in [0, 0.05) is 28.8 Å². The summed E-state index contributed by atoms with van der Waals surface area (Å²) in [7, 11) is 0. The molecule has 0 aliphatic carbocycles. The van der Waals surface area contributed by atoms with Crippen LogP contribution in [0, 0.1) is 0 Å². The summed E-state index contributed by atoms with van der Waals surface area (Å²) in [6.07, 6.45) is -1.72. The van der Waals surface area contributed by atoms with E-state index in [9.17, 15) is 22.8 Å². The van der Waals surface area contributed by atoms with Gasteiger partial charge in [-0.15, -0.1) is 0 Å². The van der Waals surface area contributed by atoms with Crippen molar-refractivity contribution in [3.63, 3.8) is 0 Å². The van der Waals surface area contributed by atoms with E-state index in [1.807, 2.05) is 0 Å². The van der Waals surface area contributed by atoms with E-state index in [1.165, 1.54) is 18.2 Å². The number of amides is 2. The largest absolute Gasteiger partial charge is 0.471 e. The SMILES string of the molecule is O=C1Nc2ccc(NC(=O)C(F)(F)F)cc2/C1=C/c1ccc[nH]1. The standard InChI is InChI=1S/C15H10F3N3O2/c16-15(17,18)14(23)20-9-3-4-12-10(7-9)11(13(22)21-12)6-8-2-1-5-19-8/h1-7,19H,(H,20,23)(H,21,22)/b11-6-. The molecule has 0 fully saturated rings. The van der Waals surface area contributed by atoms with Crippen LogP contribution < -0.4 is 10.6 Å². The average Bonchev–Trinajstić information content (AvgIpc) is 3.08. The van der Waals surface area contributed by atoms with Gasteiger partial charge in [0.2, 0.25) is 0 Å². The fourth-order valence-corrected chi connectivity index (χ4v) is 2.20. The second-order valence-corrected chi connectivity index (χ2v) is 4.85. The van der Waals surface area contributed by atoms with E-state index in [4.69, 9.17) is 0 Å². The van der Waals surface area contributed by atoms with Gasteiger partial charge >= 0.3 is 12.1 Å². The second-order valence-electron chi connectivity index (χ2n) is 4.85. The summed E-state index contributed by atoms with van der Waals surface area (Å²) in [4.78, 5) is 25.9. The summed E-state index contributed by atoms with van der Waals surface area (Å²) in [5, 5.41) is 4.38. The Morgan fingerprint density at radius 1 is 1.22 bits per heavy atom. The molecular formula is C15H10F3N3O2. The number of benzene rings is 1. The molecule has 3 rings (SSSR count). The molecular weight excluding hydrogens is 311 g/mol. The van der Waals surface area contributed by atoms with Crippen molar-refractivity contribution < 1.29 is 22.8 Å². The molecule has 0 atom stereocenters.